The van der Waals surface area contributed by atoms with Crippen molar-refractivity contribution < 1.29 is 4.79 Å². The van der Waals surface area contributed by atoms with E-state index >= 15 is 0 Å². The van der Waals surface area contributed by atoms with Crippen molar-refractivity contribution in [3.8, 4) is 11.4 Å². The van der Waals surface area contributed by atoms with E-state index in [1.165, 1.54) is 0 Å². The average Bonchev–Trinajstić information content (AvgIpc) is 3.42. The van der Waals surface area contributed by atoms with Gasteiger partial charge in [0.1, 0.15) is 0 Å². The molecule has 1 amide bonds. The molecule has 2 aromatic heterocycles. The molecule has 1 N–H and O–H groups in total. The third-order valence-corrected chi connectivity index (χ3v) is 5.52. The molecule has 1 fully saturated rings. The fourth-order valence-corrected chi connectivity index (χ4v) is 4.07. The first-order chi connectivity index (χ1) is 14.2. The molecule has 0 unspecified atom stereocenters. The molecule has 0 spiro atoms. The van der Waals surface area contributed by atoms with Crippen LogP contribution in [0.2, 0.25) is 5.02 Å². The molecule has 29 heavy (non-hydrogen) atoms. The Bertz CT molecular complexity index is 1200. The van der Waals surface area contributed by atoms with E-state index in [-0.39, 0.29) is 11.9 Å². The summed E-state index contributed by atoms with van der Waals surface area (Å²) in [5, 5.41) is 0.642. The number of rotatable bonds is 3. The van der Waals surface area contributed by atoms with Gasteiger partial charge in [-0.25, -0.2) is 15.0 Å². The number of hydrogen-bond donors (Lipinski definition) is 1. The maximum absolute atomic E-state index is 13.2. The highest BCUT2D eigenvalue weighted by Gasteiger charge is 2.32. The topological polar surface area (TPSA) is 74.8 Å². The van der Waals surface area contributed by atoms with Crippen molar-refractivity contribution in [1.29, 1.82) is 0 Å². The highest BCUT2D eigenvalue weighted by atomic mass is 35.5. The number of hydrogen-bond acceptors (Lipinski definition) is 4. The second-order valence-electron chi connectivity index (χ2n) is 7.11. The van der Waals surface area contributed by atoms with Crippen molar-refractivity contribution in [1.82, 2.24) is 24.8 Å². The van der Waals surface area contributed by atoms with Gasteiger partial charge < -0.3 is 9.88 Å². The SMILES string of the molecule is O=C(c1ccc2nc[nH]c2c1)N1CCC[C@@H]1c1ccnc(-c2cccc(Cl)c2)n1. The van der Waals surface area contributed by atoms with E-state index in [4.69, 9.17) is 16.6 Å². The second-order valence-corrected chi connectivity index (χ2v) is 7.54. The zero-order valence-electron chi connectivity index (χ0n) is 15.5. The van der Waals surface area contributed by atoms with Gasteiger partial charge in [0.2, 0.25) is 0 Å². The summed E-state index contributed by atoms with van der Waals surface area (Å²) < 4.78 is 0. The fraction of sp³-hybridized carbons (Fsp3) is 0.182. The standard InChI is InChI=1S/C22H18ClN5O/c23-16-4-1-3-14(11-16)21-24-9-8-18(27-21)20-5-2-10-28(20)22(29)15-6-7-17-19(12-15)26-13-25-17/h1,3-4,6-9,11-13,20H,2,5,10H2,(H,25,26)/t20-/m1/s1. The summed E-state index contributed by atoms with van der Waals surface area (Å²) in [4.78, 5) is 31.6. The number of imidazole rings is 1. The number of H-pyrrole nitrogens is 1. The Morgan fingerprint density at radius 3 is 2.97 bits per heavy atom. The average molecular weight is 404 g/mol. The van der Waals surface area contributed by atoms with E-state index in [9.17, 15) is 4.79 Å². The van der Waals surface area contributed by atoms with E-state index in [2.05, 4.69) is 15.0 Å². The molecule has 1 atom stereocenters. The molecule has 144 valence electrons. The fourth-order valence-electron chi connectivity index (χ4n) is 3.88. The van der Waals surface area contributed by atoms with Crippen molar-refractivity contribution in [3.05, 3.63) is 77.3 Å². The number of nitrogens with one attached hydrogen (secondary N) is 1. The first-order valence-corrected chi connectivity index (χ1v) is 9.90. The molecule has 2 aromatic carbocycles. The van der Waals surface area contributed by atoms with E-state index in [0.717, 1.165) is 35.1 Å². The van der Waals surface area contributed by atoms with Crippen LogP contribution in [0.5, 0.6) is 0 Å². The van der Waals surface area contributed by atoms with Gasteiger partial charge in [-0.05, 0) is 49.2 Å². The molecule has 4 aromatic rings. The van der Waals surface area contributed by atoms with Crippen LogP contribution < -0.4 is 0 Å². The molecular formula is C22H18ClN5O. The zero-order valence-corrected chi connectivity index (χ0v) is 16.3. The van der Waals surface area contributed by atoms with E-state index in [1.54, 1.807) is 12.5 Å². The van der Waals surface area contributed by atoms with Gasteiger partial charge in [0.25, 0.3) is 5.91 Å². The third-order valence-electron chi connectivity index (χ3n) is 5.28. The lowest BCUT2D eigenvalue weighted by Crippen LogP contribution is -2.31. The number of amides is 1. The monoisotopic (exact) mass is 403 g/mol. The molecule has 0 aliphatic carbocycles. The van der Waals surface area contributed by atoms with Crippen molar-refractivity contribution in [3.63, 3.8) is 0 Å². The maximum Gasteiger partial charge on any atom is 0.254 e. The van der Waals surface area contributed by atoms with Crippen molar-refractivity contribution in [2.24, 2.45) is 0 Å². The first kappa shape index (κ1) is 17.8. The van der Waals surface area contributed by atoms with Gasteiger partial charge in [0.15, 0.2) is 5.82 Å². The molecule has 0 radical (unpaired) electrons. The number of carbonyl (C=O) groups excluding carboxylic acids is 1. The summed E-state index contributed by atoms with van der Waals surface area (Å²) in [7, 11) is 0. The van der Waals surface area contributed by atoms with Crippen LogP contribution in [-0.4, -0.2) is 37.3 Å². The minimum absolute atomic E-state index is 0.00641. The molecule has 7 heteroatoms. The number of likely N-dealkylation sites (tertiary alicyclic amines) is 1. The summed E-state index contributed by atoms with van der Waals surface area (Å²) in [5.41, 5.74) is 4.07. The van der Waals surface area contributed by atoms with Crippen molar-refractivity contribution in [2.45, 2.75) is 18.9 Å². The highest BCUT2D eigenvalue weighted by molar-refractivity contribution is 6.30. The van der Waals surface area contributed by atoms with Gasteiger partial charge in [-0.3, -0.25) is 4.79 Å². The van der Waals surface area contributed by atoms with Gasteiger partial charge >= 0.3 is 0 Å². The van der Waals surface area contributed by atoms with Crippen molar-refractivity contribution >= 4 is 28.5 Å². The van der Waals surface area contributed by atoms with E-state index in [0.29, 0.717) is 23.0 Å². The number of benzene rings is 2. The van der Waals surface area contributed by atoms with E-state index in [1.807, 2.05) is 53.4 Å². The number of nitrogens with zero attached hydrogens (tertiary/aromatic N) is 4. The molecule has 6 nitrogen and oxygen atoms in total. The Labute approximate surface area is 172 Å². The Morgan fingerprint density at radius 2 is 2.07 bits per heavy atom. The highest BCUT2D eigenvalue weighted by Crippen LogP contribution is 2.33. The molecule has 0 bridgehead atoms. The minimum atomic E-state index is -0.0686. The summed E-state index contributed by atoms with van der Waals surface area (Å²) in [6.07, 6.45) is 5.20. The van der Waals surface area contributed by atoms with Crippen LogP contribution in [0.3, 0.4) is 0 Å². The Kier molecular flexibility index (Phi) is 4.48. The maximum atomic E-state index is 13.2. The Morgan fingerprint density at radius 1 is 1.14 bits per heavy atom. The lowest BCUT2D eigenvalue weighted by atomic mass is 10.1. The Hall–Kier alpha value is -3.25. The second kappa shape index (κ2) is 7.29. The molecule has 3 heterocycles. The van der Waals surface area contributed by atoms with Crippen LogP contribution in [0.15, 0.2) is 61.1 Å². The smallest absolute Gasteiger partial charge is 0.254 e. The van der Waals surface area contributed by atoms with Gasteiger partial charge in [0, 0.05) is 28.9 Å². The van der Waals surface area contributed by atoms with Crippen LogP contribution in [0.25, 0.3) is 22.4 Å². The van der Waals surface area contributed by atoms with Crippen LogP contribution in [-0.2, 0) is 0 Å². The molecule has 5 rings (SSSR count). The van der Waals surface area contributed by atoms with Crippen LogP contribution >= 0.6 is 11.6 Å². The quantitative estimate of drug-likeness (QED) is 0.540. The van der Waals surface area contributed by atoms with Gasteiger partial charge in [0.05, 0.1) is 29.1 Å². The molecule has 0 saturated carbocycles. The van der Waals surface area contributed by atoms with Gasteiger partial charge in [-0.2, -0.15) is 0 Å². The minimum Gasteiger partial charge on any atom is -0.345 e. The molecule has 1 aliphatic heterocycles. The third kappa shape index (κ3) is 3.36. The first-order valence-electron chi connectivity index (χ1n) is 9.52. The zero-order chi connectivity index (χ0) is 19.8. The summed E-state index contributed by atoms with van der Waals surface area (Å²) >= 11 is 6.11. The number of halogens is 1. The number of aromatic nitrogens is 4. The summed E-state index contributed by atoms with van der Waals surface area (Å²) in [6.45, 7) is 0.709. The normalized spacial score (nSPS) is 16.4. The molecular weight excluding hydrogens is 386 g/mol. The number of aromatic amines is 1. The van der Waals surface area contributed by atoms with Gasteiger partial charge in [-0.15, -0.1) is 0 Å². The predicted molar refractivity (Wildman–Crippen MR) is 112 cm³/mol. The number of fused-ring (bicyclic) bond motifs is 1. The molecule has 1 saturated heterocycles. The number of carbonyl (C=O) groups is 1. The van der Waals surface area contributed by atoms with Crippen LogP contribution in [0, 0.1) is 0 Å². The largest absolute Gasteiger partial charge is 0.345 e. The van der Waals surface area contributed by atoms with E-state index < -0.39 is 0 Å². The molecule has 1 aliphatic rings. The lowest BCUT2D eigenvalue weighted by molar-refractivity contribution is 0.0733. The lowest BCUT2D eigenvalue weighted by Gasteiger charge is -2.24. The summed E-state index contributed by atoms with van der Waals surface area (Å²) in [5.74, 6) is 0.620. The van der Waals surface area contributed by atoms with Crippen LogP contribution in [0.4, 0.5) is 0 Å². The predicted octanol–water partition coefficient (Wildman–Crippen LogP) is 4.65. The van der Waals surface area contributed by atoms with Crippen molar-refractivity contribution in [2.75, 3.05) is 6.54 Å². The van der Waals surface area contributed by atoms with Gasteiger partial charge in [-0.1, -0.05) is 23.7 Å². The Balaban J connectivity index is 1.46. The van der Waals surface area contributed by atoms with Crippen LogP contribution in [0.1, 0.15) is 34.9 Å². The summed E-state index contributed by atoms with van der Waals surface area (Å²) in [6, 6.07) is 14.9.